The lowest BCUT2D eigenvalue weighted by Gasteiger charge is -2.42. The van der Waals surface area contributed by atoms with Gasteiger partial charge in [0.1, 0.15) is 0 Å². The predicted octanol–water partition coefficient (Wildman–Crippen LogP) is 3.46. The van der Waals surface area contributed by atoms with Gasteiger partial charge in [-0.15, -0.1) is 0 Å². The highest BCUT2D eigenvalue weighted by Crippen LogP contribution is 2.28. The molecule has 30 heavy (non-hydrogen) atoms. The Labute approximate surface area is 176 Å². The Morgan fingerprint density at radius 2 is 1.80 bits per heavy atom. The van der Waals surface area contributed by atoms with Crippen molar-refractivity contribution in [2.45, 2.75) is 44.2 Å². The summed E-state index contributed by atoms with van der Waals surface area (Å²) in [5, 5.41) is 0. The minimum atomic E-state index is -3.56. The second-order valence-corrected chi connectivity index (χ2v) is 9.64. The number of piperidine rings is 1. The second kappa shape index (κ2) is 8.81. The molecule has 3 rings (SSSR count). The summed E-state index contributed by atoms with van der Waals surface area (Å²) >= 11 is 0. The van der Waals surface area contributed by atoms with E-state index in [1.54, 1.807) is 0 Å². The molecule has 1 aliphatic rings. The van der Waals surface area contributed by atoms with Crippen molar-refractivity contribution in [2.75, 3.05) is 12.8 Å². The third-order valence-electron chi connectivity index (χ3n) is 5.26. The number of halogens is 2. The summed E-state index contributed by atoms with van der Waals surface area (Å²) in [6.45, 7) is 0.753. The molecule has 162 valence electrons. The molecule has 0 bridgehead atoms. The average molecular weight is 437 g/mol. The minimum absolute atomic E-state index is 0.174. The van der Waals surface area contributed by atoms with Gasteiger partial charge in [0.15, 0.2) is 0 Å². The molecule has 0 aliphatic carbocycles. The van der Waals surface area contributed by atoms with Crippen molar-refractivity contribution in [3.63, 3.8) is 0 Å². The highest BCUT2D eigenvalue weighted by molar-refractivity contribution is 7.88. The molecule has 1 amide bonds. The number of nitrogens with one attached hydrogen (secondary N) is 1. The van der Waals surface area contributed by atoms with Gasteiger partial charge in [-0.25, -0.2) is 13.1 Å². The zero-order valence-corrected chi connectivity index (χ0v) is 17.8. The van der Waals surface area contributed by atoms with Crippen LogP contribution in [0.1, 0.15) is 25.3 Å². The largest absolute Gasteiger partial charge is 0.333 e. The van der Waals surface area contributed by atoms with E-state index in [2.05, 4.69) is 4.72 Å². The van der Waals surface area contributed by atoms with E-state index in [1.807, 2.05) is 54.6 Å². The Morgan fingerprint density at radius 3 is 2.43 bits per heavy atom. The van der Waals surface area contributed by atoms with E-state index in [4.69, 9.17) is 0 Å². The van der Waals surface area contributed by atoms with Crippen molar-refractivity contribution >= 4 is 15.9 Å². The number of carbonyl (C=O) groups excluding carboxylic acids is 1. The van der Waals surface area contributed by atoms with Gasteiger partial charge in [0, 0.05) is 19.5 Å². The standard InChI is InChI=1S/C22H26F2N2O3S/c1-22(23,24)21(27)26-13-7-12-19(25-30(2,28)29)20(26)15-16-8-6-11-18(14-16)17-9-4-3-5-10-17/h3-6,8-11,14,19-20,25H,7,12-13,15H2,1-2H3. The second-order valence-electron chi connectivity index (χ2n) is 7.86. The first-order chi connectivity index (χ1) is 14.0. The molecule has 2 unspecified atom stereocenters. The van der Waals surface area contributed by atoms with Crippen LogP contribution in [0.2, 0.25) is 0 Å². The number of amides is 1. The monoisotopic (exact) mass is 436 g/mol. The fourth-order valence-corrected chi connectivity index (χ4v) is 4.80. The van der Waals surface area contributed by atoms with Crippen LogP contribution in [0.3, 0.4) is 0 Å². The van der Waals surface area contributed by atoms with Crippen molar-refractivity contribution in [3.05, 3.63) is 60.2 Å². The molecule has 0 radical (unpaired) electrons. The SMILES string of the molecule is CC(F)(F)C(=O)N1CCCC(NS(C)(=O)=O)C1Cc1cccc(-c2ccccc2)c1. The van der Waals surface area contributed by atoms with E-state index in [0.29, 0.717) is 19.8 Å². The highest BCUT2D eigenvalue weighted by atomic mass is 32.2. The van der Waals surface area contributed by atoms with E-state index in [0.717, 1.165) is 27.8 Å². The lowest BCUT2D eigenvalue weighted by Crippen LogP contribution is -2.60. The van der Waals surface area contributed by atoms with Gasteiger partial charge >= 0.3 is 5.92 Å². The Kier molecular flexibility index (Phi) is 6.57. The van der Waals surface area contributed by atoms with Crippen LogP contribution in [0.5, 0.6) is 0 Å². The number of hydrogen-bond acceptors (Lipinski definition) is 3. The topological polar surface area (TPSA) is 66.5 Å². The number of carbonyl (C=O) groups is 1. The smallest absolute Gasteiger partial charge is 0.322 e. The minimum Gasteiger partial charge on any atom is -0.333 e. The number of rotatable bonds is 6. The number of alkyl halides is 2. The fourth-order valence-electron chi connectivity index (χ4n) is 3.98. The van der Waals surface area contributed by atoms with Gasteiger partial charge in [-0.05, 0) is 36.0 Å². The first kappa shape index (κ1) is 22.4. The lowest BCUT2D eigenvalue weighted by atomic mass is 9.90. The van der Waals surface area contributed by atoms with Crippen LogP contribution < -0.4 is 4.72 Å². The Balaban J connectivity index is 1.93. The number of likely N-dealkylation sites (tertiary alicyclic amines) is 1. The highest BCUT2D eigenvalue weighted by Gasteiger charge is 2.43. The van der Waals surface area contributed by atoms with E-state index in [9.17, 15) is 22.0 Å². The summed E-state index contributed by atoms with van der Waals surface area (Å²) < 4.78 is 53.9. The molecule has 2 atom stereocenters. The van der Waals surface area contributed by atoms with Crippen molar-refractivity contribution < 1.29 is 22.0 Å². The van der Waals surface area contributed by atoms with Crippen LogP contribution in [0, 0.1) is 0 Å². The van der Waals surface area contributed by atoms with E-state index >= 15 is 0 Å². The maximum Gasteiger partial charge on any atom is 0.322 e. The molecule has 1 heterocycles. The van der Waals surface area contributed by atoms with E-state index in [1.165, 1.54) is 0 Å². The molecule has 2 aromatic carbocycles. The zero-order chi connectivity index (χ0) is 21.9. The maximum atomic E-state index is 13.8. The molecule has 2 aromatic rings. The zero-order valence-electron chi connectivity index (χ0n) is 17.0. The van der Waals surface area contributed by atoms with Gasteiger partial charge < -0.3 is 4.90 Å². The summed E-state index contributed by atoms with van der Waals surface area (Å²) in [7, 11) is -3.56. The number of nitrogens with zero attached hydrogens (tertiary/aromatic N) is 1. The molecule has 8 heteroatoms. The summed E-state index contributed by atoms with van der Waals surface area (Å²) in [5.41, 5.74) is 2.83. The number of benzene rings is 2. The quantitative estimate of drug-likeness (QED) is 0.754. The van der Waals surface area contributed by atoms with Gasteiger partial charge in [-0.3, -0.25) is 4.79 Å². The van der Waals surface area contributed by atoms with Crippen LogP contribution in [-0.4, -0.2) is 50.0 Å². The molecule has 1 aliphatic heterocycles. The van der Waals surface area contributed by atoms with Crippen LogP contribution in [-0.2, 0) is 21.2 Å². The summed E-state index contributed by atoms with van der Waals surface area (Å²) in [5.74, 6) is -4.79. The van der Waals surface area contributed by atoms with E-state index < -0.39 is 33.9 Å². The van der Waals surface area contributed by atoms with Gasteiger partial charge in [-0.1, -0.05) is 54.6 Å². The number of hydrogen-bond donors (Lipinski definition) is 1. The lowest BCUT2D eigenvalue weighted by molar-refractivity contribution is -0.159. The molecule has 5 nitrogen and oxygen atoms in total. The molecular formula is C22H26F2N2O3S. The van der Waals surface area contributed by atoms with Crippen LogP contribution in [0.25, 0.3) is 11.1 Å². The molecule has 0 saturated carbocycles. The van der Waals surface area contributed by atoms with Crippen LogP contribution in [0.15, 0.2) is 54.6 Å². The Morgan fingerprint density at radius 1 is 1.13 bits per heavy atom. The average Bonchev–Trinajstić information content (AvgIpc) is 2.68. The molecular weight excluding hydrogens is 410 g/mol. The van der Waals surface area contributed by atoms with Crippen LogP contribution in [0.4, 0.5) is 8.78 Å². The van der Waals surface area contributed by atoms with Crippen molar-refractivity contribution in [3.8, 4) is 11.1 Å². The molecule has 0 spiro atoms. The third-order valence-corrected chi connectivity index (χ3v) is 5.99. The Hall–Kier alpha value is -2.32. The fraction of sp³-hybridized carbons (Fsp3) is 0.409. The van der Waals surface area contributed by atoms with Gasteiger partial charge in [0.05, 0.1) is 12.3 Å². The number of sulfonamides is 1. The molecule has 1 saturated heterocycles. The predicted molar refractivity (Wildman–Crippen MR) is 113 cm³/mol. The van der Waals surface area contributed by atoms with Crippen molar-refractivity contribution in [1.82, 2.24) is 9.62 Å². The summed E-state index contributed by atoms with van der Waals surface area (Å²) in [4.78, 5) is 13.6. The first-order valence-electron chi connectivity index (χ1n) is 9.85. The van der Waals surface area contributed by atoms with Gasteiger partial charge in [0.25, 0.3) is 5.91 Å². The maximum absolute atomic E-state index is 13.8. The van der Waals surface area contributed by atoms with E-state index in [-0.39, 0.29) is 13.0 Å². The molecule has 0 aromatic heterocycles. The first-order valence-corrected chi connectivity index (χ1v) is 11.7. The Bertz CT molecular complexity index is 991. The van der Waals surface area contributed by atoms with Gasteiger partial charge in [-0.2, -0.15) is 8.78 Å². The third kappa shape index (κ3) is 5.64. The van der Waals surface area contributed by atoms with Gasteiger partial charge in [0.2, 0.25) is 10.0 Å². The van der Waals surface area contributed by atoms with Crippen LogP contribution >= 0.6 is 0 Å². The van der Waals surface area contributed by atoms with Crippen molar-refractivity contribution in [2.24, 2.45) is 0 Å². The normalized spacial score (nSPS) is 20.2. The summed E-state index contributed by atoms with van der Waals surface area (Å²) in [6, 6.07) is 16.1. The molecule has 1 fully saturated rings. The summed E-state index contributed by atoms with van der Waals surface area (Å²) in [6.07, 6.45) is 2.25. The van der Waals surface area contributed by atoms with Crippen molar-refractivity contribution in [1.29, 1.82) is 0 Å². The molecule has 1 N–H and O–H groups in total.